The standard InChI is InChI=1S/C20H23N3O5/c1-2-14-12-23(20(27)22-19(14)26)18-10-15(24)16(28-18)11-21-17(25)9-8-13-6-4-3-5-7-13/h3-9,12,15-16,18,24H,2,10-11H2,1H3,(H,21,25)(H,22,26,27)/b9-8+/t15?,16-,18-/m0/s1. The average molecular weight is 385 g/mol. The van der Waals surface area contributed by atoms with Crippen LogP contribution in [0.4, 0.5) is 0 Å². The number of nitrogens with zero attached hydrogens (tertiary/aromatic N) is 1. The molecule has 148 valence electrons. The molecule has 3 atom stereocenters. The van der Waals surface area contributed by atoms with Crippen molar-refractivity contribution < 1.29 is 14.6 Å². The van der Waals surface area contributed by atoms with Gasteiger partial charge in [0.2, 0.25) is 5.91 Å². The highest BCUT2D eigenvalue weighted by molar-refractivity contribution is 5.91. The number of nitrogens with one attached hydrogen (secondary N) is 2. The number of aliphatic hydroxyl groups excluding tert-OH is 1. The Morgan fingerprint density at radius 2 is 2.11 bits per heavy atom. The molecule has 2 heterocycles. The molecule has 1 aromatic heterocycles. The van der Waals surface area contributed by atoms with E-state index in [1.807, 2.05) is 37.3 Å². The van der Waals surface area contributed by atoms with Crippen molar-refractivity contribution in [2.45, 2.75) is 38.2 Å². The number of aromatic nitrogens is 2. The molecule has 0 radical (unpaired) electrons. The monoisotopic (exact) mass is 385 g/mol. The molecule has 2 aromatic rings. The van der Waals surface area contributed by atoms with Crippen molar-refractivity contribution in [3.05, 3.63) is 74.6 Å². The second kappa shape index (κ2) is 8.81. The highest BCUT2D eigenvalue weighted by atomic mass is 16.5. The van der Waals surface area contributed by atoms with E-state index in [1.165, 1.54) is 16.8 Å². The minimum atomic E-state index is -0.840. The molecule has 0 spiro atoms. The number of benzene rings is 1. The third kappa shape index (κ3) is 4.65. The smallest absolute Gasteiger partial charge is 0.330 e. The Labute approximate surface area is 161 Å². The van der Waals surface area contributed by atoms with Crippen molar-refractivity contribution in [3.8, 4) is 0 Å². The van der Waals surface area contributed by atoms with Gasteiger partial charge in [-0.3, -0.25) is 19.1 Å². The van der Waals surface area contributed by atoms with Crippen molar-refractivity contribution in [1.82, 2.24) is 14.9 Å². The van der Waals surface area contributed by atoms with Gasteiger partial charge in [-0.2, -0.15) is 0 Å². The van der Waals surface area contributed by atoms with E-state index >= 15 is 0 Å². The predicted molar refractivity (Wildman–Crippen MR) is 104 cm³/mol. The second-order valence-corrected chi connectivity index (χ2v) is 6.60. The number of carbonyl (C=O) groups excluding carboxylic acids is 1. The predicted octanol–water partition coefficient (Wildman–Crippen LogP) is 0.577. The second-order valence-electron chi connectivity index (χ2n) is 6.60. The topological polar surface area (TPSA) is 113 Å². The van der Waals surface area contributed by atoms with Crippen LogP contribution in [0.1, 0.15) is 30.7 Å². The molecule has 28 heavy (non-hydrogen) atoms. The van der Waals surface area contributed by atoms with Gasteiger partial charge in [-0.05, 0) is 18.1 Å². The zero-order chi connectivity index (χ0) is 20.1. The van der Waals surface area contributed by atoms with Crippen LogP contribution < -0.4 is 16.6 Å². The molecule has 1 fully saturated rings. The number of ether oxygens (including phenoxy) is 1. The number of H-pyrrole nitrogens is 1. The van der Waals surface area contributed by atoms with Gasteiger partial charge in [0.25, 0.3) is 5.56 Å². The summed E-state index contributed by atoms with van der Waals surface area (Å²) in [6, 6.07) is 9.41. The van der Waals surface area contributed by atoms with Crippen LogP contribution in [0.2, 0.25) is 0 Å². The fraction of sp³-hybridized carbons (Fsp3) is 0.350. The van der Waals surface area contributed by atoms with Crippen LogP contribution in [0.15, 0.2) is 52.2 Å². The van der Waals surface area contributed by atoms with Crippen molar-refractivity contribution >= 4 is 12.0 Å². The summed E-state index contributed by atoms with van der Waals surface area (Å²) in [5.41, 5.74) is 0.353. The third-order valence-electron chi connectivity index (χ3n) is 4.64. The van der Waals surface area contributed by atoms with Gasteiger partial charge >= 0.3 is 5.69 Å². The molecule has 0 saturated carbocycles. The number of rotatable bonds is 6. The molecule has 0 bridgehead atoms. The Morgan fingerprint density at radius 3 is 2.82 bits per heavy atom. The van der Waals surface area contributed by atoms with E-state index in [2.05, 4.69) is 10.3 Å². The zero-order valence-corrected chi connectivity index (χ0v) is 15.5. The first-order valence-electron chi connectivity index (χ1n) is 9.16. The average Bonchev–Trinajstić information content (AvgIpc) is 3.06. The molecule has 0 aliphatic carbocycles. The number of carbonyl (C=O) groups is 1. The summed E-state index contributed by atoms with van der Waals surface area (Å²) in [4.78, 5) is 38.0. The fourth-order valence-electron chi connectivity index (χ4n) is 3.06. The lowest BCUT2D eigenvalue weighted by molar-refractivity contribution is -0.117. The van der Waals surface area contributed by atoms with Gasteiger partial charge in [0.1, 0.15) is 12.3 Å². The van der Waals surface area contributed by atoms with Gasteiger partial charge in [0.05, 0.1) is 6.10 Å². The van der Waals surface area contributed by atoms with Gasteiger partial charge in [-0.15, -0.1) is 0 Å². The summed E-state index contributed by atoms with van der Waals surface area (Å²) in [6.07, 6.45) is 3.03. The van der Waals surface area contributed by atoms with Crippen LogP contribution >= 0.6 is 0 Å². The first kappa shape index (κ1) is 19.8. The minimum absolute atomic E-state index is 0.106. The molecular formula is C20H23N3O5. The maximum Gasteiger partial charge on any atom is 0.330 e. The number of aliphatic hydroxyl groups is 1. The van der Waals surface area contributed by atoms with Gasteiger partial charge in [-0.1, -0.05) is 37.3 Å². The van der Waals surface area contributed by atoms with Crippen molar-refractivity contribution in [2.24, 2.45) is 0 Å². The number of amides is 1. The number of aromatic amines is 1. The largest absolute Gasteiger partial charge is 0.390 e. The zero-order valence-electron chi connectivity index (χ0n) is 15.5. The maximum absolute atomic E-state index is 12.1. The van der Waals surface area contributed by atoms with Gasteiger partial charge < -0.3 is 15.2 Å². The first-order chi connectivity index (χ1) is 13.5. The molecule has 1 aromatic carbocycles. The summed E-state index contributed by atoms with van der Waals surface area (Å²) in [5, 5.41) is 12.9. The molecule has 1 saturated heterocycles. The van der Waals surface area contributed by atoms with Crippen molar-refractivity contribution in [2.75, 3.05) is 6.54 Å². The molecule has 3 rings (SSSR count). The molecule has 8 heteroatoms. The van der Waals surface area contributed by atoms with E-state index in [0.717, 1.165) is 5.56 Å². The van der Waals surface area contributed by atoms with Crippen LogP contribution in [0, 0.1) is 0 Å². The maximum atomic E-state index is 12.1. The quantitative estimate of drug-likeness (QED) is 0.630. The highest BCUT2D eigenvalue weighted by Gasteiger charge is 2.35. The molecule has 3 N–H and O–H groups in total. The fourth-order valence-corrected chi connectivity index (χ4v) is 3.06. The number of aryl methyl sites for hydroxylation is 1. The van der Waals surface area contributed by atoms with Crippen LogP contribution in [-0.2, 0) is 16.0 Å². The Bertz CT molecular complexity index is 964. The summed E-state index contributed by atoms with van der Waals surface area (Å²) in [7, 11) is 0. The summed E-state index contributed by atoms with van der Waals surface area (Å²) in [6.45, 7) is 1.92. The number of hydrogen-bond donors (Lipinski definition) is 3. The van der Waals surface area contributed by atoms with Gasteiger partial charge in [-0.25, -0.2) is 4.79 Å². The van der Waals surface area contributed by atoms with E-state index in [9.17, 15) is 19.5 Å². The lowest BCUT2D eigenvalue weighted by atomic mass is 10.1. The van der Waals surface area contributed by atoms with Crippen LogP contribution in [0.3, 0.4) is 0 Å². The van der Waals surface area contributed by atoms with Crippen LogP contribution in [0.5, 0.6) is 0 Å². The minimum Gasteiger partial charge on any atom is -0.390 e. The van der Waals surface area contributed by atoms with Crippen molar-refractivity contribution in [3.63, 3.8) is 0 Å². The van der Waals surface area contributed by atoms with E-state index in [1.54, 1.807) is 6.08 Å². The Kier molecular flexibility index (Phi) is 6.23. The molecule has 8 nitrogen and oxygen atoms in total. The molecule has 1 amide bonds. The highest BCUT2D eigenvalue weighted by Crippen LogP contribution is 2.27. The summed E-state index contributed by atoms with van der Waals surface area (Å²) < 4.78 is 7.02. The van der Waals surface area contributed by atoms with E-state index < -0.39 is 29.7 Å². The Hall–Kier alpha value is -2.97. The normalized spacial score (nSPS) is 21.9. The van der Waals surface area contributed by atoms with Gasteiger partial charge in [0.15, 0.2) is 0 Å². The Morgan fingerprint density at radius 1 is 1.36 bits per heavy atom. The SMILES string of the molecule is CCc1cn([C@@H]2CC(O)[C@H](CNC(=O)/C=C/c3ccccc3)O2)c(=O)[nH]c1=O. The summed E-state index contributed by atoms with van der Waals surface area (Å²) >= 11 is 0. The molecular weight excluding hydrogens is 362 g/mol. The van der Waals surface area contributed by atoms with Crippen LogP contribution in [0.25, 0.3) is 6.08 Å². The molecule has 1 aliphatic rings. The third-order valence-corrected chi connectivity index (χ3v) is 4.64. The van der Waals surface area contributed by atoms with Crippen molar-refractivity contribution in [1.29, 1.82) is 0 Å². The van der Waals surface area contributed by atoms with E-state index in [0.29, 0.717) is 12.0 Å². The van der Waals surface area contributed by atoms with Crippen LogP contribution in [-0.4, -0.2) is 39.3 Å². The van der Waals surface area contributed by atoms with E-state index in [-0.39, 0.29) is 18.9 Å². The summed E-state index contributed by atoms with van der Waals surface area (Å²) in [5.74, 6) is -0.308. The van der Waals surface area contributed by atoms with E-state index in [4.69, 9.17) is 4.74 Å². The lowest BCUT2D eigenvalue weighted by Crippen LogP contribution is -2.37. The lowest BCUT2D eigenvalue weighted by Gasteiger charge is -2.16. The molecule has 1 unspecified atom stereocenters. The molecule has 1 aliphatic heterocycles. The van der Waals surface area contributed by atoms with Gasteiger partial charge in [0, 0.05) is 30.8 Å². The Balaban J connectivity index is 1.60. The first-order valence-corrected chi connectivity index (χ1v) is 9.16. The number of hydrogen-bond acceptors (Lipinski definition) is 5.